The van der Waals surface area contributed by atoms with E-state index in [0.717, 1.165) is 17.7 Å². The highest BCUT2D eigenvalue weighted by Crippen LogP contribution is 2.17. The van der Waals surface area contributed by atoms with E-state index in [0.29, 0.717) is 30.9 Å². The minimum absolute atomic E-state index is 0.0875. The number of nitrogens with one attached hydrogen (secondary N) is 1. The smallest absolute Gasteiger partial charge is 0.341 e. The number of carboxylic acid groups (broad SMARTS) is 1. The van der Waals surface area contributed by atoms with Gasteiger partial charge in [-0.15, -0.1) is 0 Å². The van der Waals surface area contributed by atoms with Gasteiger partial charge in [0, 0.05) is 12.1 Å². The second kappa shape index (κ2) is 10.1. The van der Waals surface area contributed by atoms with Crippen LogP contribution in [-0.4, -0.2) is 30.2 Å². The molecule has 0 bridgehead atoms. The summed E-state index contributed by atoms with van der Waals surface area (Å²) in [6, 6.07) is 14.3. The van der Waals surface area contributed by atoms with E-state index in [4.69, 9.17) is 14.6 Å². The van der Waals surface area contributed by atoms with Gasteiger partial charge in [0.15, 0.2) is 6.61 Å². The Morgan fingerprint density at radius 3 is 2.19 bits per heavy atom. The highest BCUT2D eigenvalue weighted by molar-refractivity contribution is 5.90. The van der Waals surface area contributed by atoms with Gasteiger partial charge in [-0.3, -0.25) is 4.79 Å². The van der Waals surface area contributed by atoms with Crippen molar-refractivity contribution in [2.75, 3.05) is 18.5 Å². The Morgan fingerprint density at radius 1 is 0.962 bits per heavy atom. The van der Waals surface area contributed by atoms with E-state index in [-0.39, 0.29) is 5.91 Å². The zero-order valence-corrected chi connectivity index (χ0v) is 14.7. The van der Waals surface area contributed by atoms with E-state index in [9.17, 15) is 9.59 Å². The van der Waals surface area contributed by atoms with Gasteiger partial charge >= 0.3 is 5.97 Å². The quantitative estimate of drug-likeness (QED) is 0.680. The van der Waals surface area contributed by atoms with Gasteiger partial charge in [0.1, 0.15) is 11.5 Å². The standard InChI is InChI=1S/C20H23NO5/c1-2-13-25-17-8-3-15(4-9-17)5-12-19(22)21-16-6-10-18(11-7-16)26-14-20(23)24/h3-4,6-11H,2,5,12-14H2,1H3,(H,21,22)(H,23,24). The molecule has 2 aromatic rings. The third kappa shape index (κ3) is 6.84. The van der Waals surface area contributed by atoms with Gasteiger partial charge in [-0.2, -0.15) is 0 Å². The predicted molar refractivity (Wildman–Crippen MR) is 98.8 cm³/mol. The van der Waals surface area contributed by atoms with Gasteiger partial charge in [-0.1, -0.05) is 19.1 Å². The zero-order valence-electron chi connectivity index (χ0n) is 14.7. The molecular weight excluding hydrogens is 334 g/mol. The molecule has 0 aromatic heterocycles. The SMILES string of the molecule is CCCOc1ccc(CCC(=O)Nc2ccc(OCC(=O)O)cc2)cc1. The van der Waals surface area contributed by atoms with Crippen molar-refractivity contribution in [1.82, 2.24) is 0 Å². The average Bonchev–Trinajstić information content (AvgIpc) is 2.65. The molecule has 2 rings (SSSR count). The fourth-order valence-corrected chi connectivity index (χ4v) is 2.23. The van der Waals surface area contributed by atoms with Crippen molar-refractivity contribution in [2.24, 2.45) is 0 Å². The number of hydrogen-bond acceptors (Lipinski definition) is 4. The Kier molecular flexibility index (Phi) is 7.49. The van der Waals surface area contributed by atoms with Gasteiger partial charge in [-0.05, 0) is 54.8 Å². The van der Waals surface area contributed by atoms with Crippen molar-refractivity contribution in [3.8, 4) is 11.5 Å². The lowest BCUT2D eigenvalue weighted by atomic mass is 10.1. The minimum atomic E-state index is -1.03. The predicted octanol–water partition coefficient (Wildman–Crippen LogP) is 3.51. The van der Waals surface area contributed by atoms with Crippen LogP contribution in [0.25, 0.3) is 0 Å². The van der Waals surface area contributed by atoms with Gasteiger partial charge in [-0.25, -0.2) is 4.79 Å². The number of amides is 1. The van der Waals surface area contributed by atoms with Crippen LogP contribution in [0.15, 0.2) is 48.5 Å². The first-order chi connectivity index (χ1) is 12.6. The number of carboxylic acids is 1. The number of hydrogen-bond donors (Lipinski definition) is 2. The number of rotatable bonds is 10. The third-order valence-corrected chi connectivity index (χ3v) is 3.54. The van der Waals surface area contributed by atoms with Gasteiger partial charge in [0.25, 0.3) is 0 Å². The van der Waals surface area contributed by atoms with Gasteiger partial charge < -0.3 is 19.9 Å². The maximum absolute atomic E-state index is 12.0. The lowest BCUT2D eigenvalue weighted by molar-refractivity contribution is -0.139. The lowest BCUT2D eigenvalue weighted by Gasteiger charge is -2.08. The average molecular weight is 357 g/mol. The van der Waals surface area contributed by atoms with Crippen molar-refractivity contribution in [2.45, 2.75) is 26.2 Å². The van der Waals surface area contributed by atoms with Crippen molar-refractivity contribution in [3.63, 3.8) is 0 Å². The molecule has 6 nitrogen and oxygen atoms in total. The van der Waals surface area contributed by atoms with Crippen LogP contribution in [-0.2, 0) is 16.0 Å². The summed E-state index contributed by atoms with van der Waals surface area (Å²) in [5, 5.41) is 11.4. The lowest BCUT2D eigenvalue weighted by Crippen LogP contribution is -2.12. The number of aliphatic carboxylic acids is 1. The number of benzene rings is 2. The fourth-order valence-electron chi connectivity index (χ4n) is 2.23. The van der Waals surface area contributed by atoms with E-state index < -0.39 is 12.6 Å². The van der Waals surface area contributed by atoms with Crippen molar-refractivity contribution in [3.05, 3.63) is 54.1 Å². The molecule has 1 amide bonds. The molecule has 0 atom stereocenters. The van der Waals surface area contributed by atoms with Crippen LogP contribution in [0.2, 0.25) is 0 Å². The molecule has 0 saturated carbocycles. The van der Waals surface area contributed by atoms with E-state index in [1.807, 2.05) is 24.3 Å². The van der Waals surface area contributed by atoms with E-state index in [1.54, 1.807) is 24.3 Å². The Morgan fingerprint density at radius 2 is 1.58 bits per heavy atom. The normalized spacial score (nSPS) is 10.2. The Balaban J connectivity index is 1.76. The first-order valence-electron chi connectivity index (χ1n) is 8.53. The summed E-state index contributed by atoms with van der Waals surface area (Å²) in [4.78, 5) is 22.5. The van der Waals surface area contributed by atoms with Crippen molar-refractivity contribution >= 4 is 17.6 Å². The number of ether oxygens (including phenoxy) is 2. The van der Waals surface area contributed by atoms with Crippen LogP contribution in [0.4, 0.5) is 5.69 Å². The highest BCUT2D eigenvalue weighted by Gasteiger charge is 2.05. The summed E-state index contributed by atoms with van der Waals surface area (Å²) in [5.74, 6) is 0.156. The Bertz CT molecular complexity index is 710. The largest absolute Gasteiger partial charge is 0.494 e. The second-order valence-electron chi connectivity index (χ2n) is 5.75. The van der Waals surface area contributed by atoms with E-state index in [1.165, 1.54) is 0 Å². The second-order valence-corrected chi connectivity index (χ2v) is 5.75. The molecule has 0 aliphatic heterocycles. The molecule has 0 spiro atoms. The monoisotopic (exact) mass is 357 g/mol. The van der Waals surface area contributed by atoms with Crippen LogP contribution < -0.4 is 14.8 Å². The van der Waals surface area contributed by atoms with E-state index in [2.05, 4.69) is 12.2 Å². The maximum atomic E-state index is 12.0. The van der Waals surface area contributed by atoms with Crippen LogP contribution in [0.5, 0.6) is 11.5 Å². The molecule has 0 aliphatic rings. The molecule has 0 unspecified atom stereocenters. The molecule has 0 saturated heterocycles. The summed E-state index contributed by atoms with van der Waals surface area (Å²) < 4.78 is 10.6. The summed E-state index contributed by atoms with van der Waals surface area (Å²) in [6.07, 6.45) is 1.97. The molecule has 26 heavy (non-hydrogen) atoms. The maximum Gasteiger partial charge on any atom is 0.341 e. The summed E-state index contributed by atoms with van der Waals surface area (Å²) in [6.45, 7) is 2.36. The Hall–Kier alpha value is -3.02. The first-order valence-corrected chi connectivity index (χ1v) is 8.53. The van der Waals surface area contributed by atoms with E-state index >= 15 is 0 Å². The zero-order chi connectivity index (χ0) is 18.8. The molecular formula is C20H23NO5. The van der Waals surface area contributed by atoms with Crippen LogP contribution in [0, 0.1) is 0 Å². The highest BCUT2D eigenvalue weighted by atomic mass is 16.5. The minimum Gasteiger partial charge on any atom is -0.494 e. The molecule has 0 aliphatic carbocycles. The number of carbonyl (C=O) groups excluding carboxylic acids is 1. The molecule has 0 radical (unpaired) electrons. The van der Waals surface area contributed by atoms with Crippen LogP contribution in [0.1, 0.15) is 25.3 Å². The molecule has 2 aromatic carbocycles. The fraction of sp³-hybridized carbons (Fsp3) is 0.300. The Labute approximate surface area is 152 Å². The first kappa shape index (κ1) is 19.3. The molecule has 0 fully saturated rings. The van der Waals surface area contributed by atoms with Crippen molar-refractivity contribution in [1.29, 1.82) is 0 Å². The summed E-state index contributed by atoms with van der Waals surface area (Å²) >= 11 is 0. The van der Waals surface area contributed by atoms with Gasteiger partial charge in [0.2, 0.25) is 5.91 Å². The van der Waals surface area contributed by atoms with Crippen LogP contribution in [0.3, 0.4) is 0 Å². The number of aryl methyl sites for hydroxylation is 1. The molecule has 0 heterocycles. The molecule has 138 valence electrons. The van der Waals surface area contributed by atoms with Gasteiger partial charge in [0.05, 0.1) is 6.61 Å². The molecule has 6 heteroatoms. The topological polar surface area (TPSA) is 84.9 Å². The van der Waals surface area contributed by atoms with Crippen LogP contribution >= 0.6 is 0 Å². The molecule has 2 N–H and O–H groups in total. The summed E-state index contributed by atoms with van der Waals surface area (Å²) in [7, 11) is 0. The third-order valence-electron chi connectivity index (χ3n) is 3.54. The van der Waals surface area contributed by atoms with Crippen molar-refractivity contribution < 1.29 is 24.2 Å². The number of carbonyl (C=O) groups is 2. The summed E-state index contributed by atoms with van der Waals surface area (Å²) in [5.41, 5.74) is 1.71. The number of anilines is 1.